The highest BCUT2D eigenvalue weighted by Gasteiger charge is 2.33. The van der Waals surface area contributed by atoms with E-state index in [1.807, 2.05) is 13.8 Å². The van der Waals surface area contributed by atoms with Gasteiger partial charge in [-0.2, -0.15) is 0 Å². The Balaban J connectivity index is 1.83. The molecule has 0 aromatic heterocycles. The first-order valence-electron chi connectivity index (χ1n) is 8.67. The van der Waals surface area contributed by atoms with Gasteiger partial charge in [-0.15, -0.1) is 0 Å². The number of benzene rings is 1. The number of carbonyl (C=O) groups excluding carboxylic acids is 1. The van der Waals surface area contributed by atoms with Gasteiger partial charge in [0.25, 0.3) is 0 Å². The molecule has 1 amide bonds. The van der Waals surface area contributed by atoms with E-state index in [2.05, 4.69) is 59.3 Å². The van der Waals surface area contributed by atoms with Crippen LogP contribution in [0.1, 0.15) is 39.7 Å². The fourth-order valence-corrected chi connectivity index (χ4v) is 3.23. The molecule has 0 aliphatic carbocycles. The average molecular weight is 317 g/mol. The fraction of sp³-hybridized carbons (Fsp3) is 0.632. The van der Waals surface area contributed by atoms with Gasteiger partial charge >= 0.3 is 0 Å². The van der Waals surface area contributed by atoms with Gasteiger partial charge in [0.1, 0.15) is 0 Å². The standard InChI is InChI=1S/C19H31N3O/c1-16(2)20-18(23)10-11-21-12-13-22(19(3,4)15-21)14-17-8-6-5-7-9-17/h5-9,16H,10-15H2,1-4H3,(H,20,23). The highest BCUT2D eigenvalue weighted by molar-refractivity contribution is 5.76. The van der Waals surface area contributed by atoms with Crippen LogP contribution in [0, 0.1) is 0 Å². The van der Waals surface area contributed by atoms with Crippen molar-refractivity contribution >= 4 is 5.91 Å². The van der Waals surface area contributed by atoms with E-state index in [0.29, 0.717) is 6.42 Å². The van der Waals surface area contributed by atoms with Crippen molar-refractivity contribution in [3.8, 4) is 0 Å². The molecule has 4 heteroatoms. The van der Waals surface area contributed by atoms with Crippen molar-refractivity contribution in [1.82, 2.24) is 15.1 Å². The molecule has 0 saturated carbocycles. The molecule has 128 valence electrons. The van der Waals surface area contributed by atoms with Crippen molar-refractivity contribution in [2.24, 2.45) is 0 Å². The van der Waals surface area contributed by atoms with Gasteiger partial charge in [0.2, 0.25) is 5.91 Å². The van der Waals surface area contributed by atoms with Gasteiger partial charge in [0.15, 0.2) is 0 Å². The molecule has 0 spiro atoms. The summed E-state index contributed by atoms with van der Waals surface area (Å²) in [4.78, 5) is 16.8. The molecule has 23 heavy (non-hydrogen) atoms. The summed E-state index contributed by atoms with van der Waals surface area (Å²) in [5.41, 5.74) is 1.49. The minimum atomic E-state index is 0.128. The lowest BCUT2D eigenvalue weighted by Crippen LogP contribution is -2.59. The normalized spacial score (nSPS) is 19.0. The number of nitrogens with one attached hydrogen (secondary N) is 1. The van der Waals surface area contributed by atoms with Crippen LogP contribution < -0.4 is 5.32 Å². The molecular weight excluding hydrogens is 286 g/mol. The summed E-state index contributed by atoms with van der Waals surface area (Å²) in [5, 5.41) is 2.97. The molecule has 1 aromatic rings. The van der Waals surface area contributed by atoms with E-state index in [0.717, 1.165) is 32.7 Å². The number of nitrogens with zero attached hydrogens (tertiary/aromatic N) is 2. The Labute approximate surface area is 140 Å². The number of hydrogen-bond donors (Lipinski definition) is 1. The van der Waals surface area contributed by atoms with E-state index in [4.69, 9.17) is 0 Å². The zero-order valence-corrected chi connectivity index (χ0v) is 15.0. The number of piperazine rings is 1. The Morgan fingerprint density at radius 3 is 2.52 bits per heavy atom. The van der Waals surface area contributed by atoms with Crippen LogP contribution in [0.3, 0.4) is 0 Å². The van der Waals surface area contributed by atoms with Gasteiger partial charge < -0.3 is 5.32 Å². The van der Waals surface area contributed by atoms with Crippen LogP contribution >= 0.6 is 0 Å². The number of hydrogen-bond acceptors (Lipinski definition) is 3. The molecule has 0 radical (unpaired) electrons. The summed E-state index contributed by atoms with van der Waals surface area (Å²) in [7, 11) is 0. The minimum Gasteiger partial charge on any atom is -0.354 e. The largest absolute Gasteiger partial charge is 0.354 e. The van der Waals surface area contributed by atoms with Crippen LogP contribution in [0.15, 0.2) is 30.3 Å². The molecule has 1 aliphatic rings. The molecule has 4 nitrogen and oxygen atoms in total. The van der Waals surface area contributed by atoms with Gasteiger partial charge in [-0.1, -0.05) is 30.3 Å². The van der Waals surface area contributed by atoms with Crippen LogP contribution in [-0.2, 0) is 11.3 Å². The third-order valence-corrected chi connectivity index (χ3v) is 4.47. The second-order valence-electron chi connectivity index (χ2n) is 7.47. The van der Waals surface area contributed by atoms with Gasteiger partial charge in [-0.25, -0.2) is 0 Å². The van der Waals surface area contributed by atoms with E-state index in [9.17, 15) is 4.79 Å². The average Bonchev–Trinajstić information content (AvgIpc) is 2.48. The van der Waals surface area contributed by atoms with E-state index < -0.39 is 0 Å². The first kappa shape index (κ1) is 18.0. The topological polar surface area (TPSA) is 35.6 Å². The predicted octanol–water partition coefficient (Wildman–Crippen LogP) is 2.50. The fourth-order valence-electron chi connectivity index (χ4n) is 3.23. The number of carbonyl (C=O) groups is 1. The van der Waals surface area contributed by atoms with Crippen molar-refractivity contribution in [3.05, 3.63) is 35.9 Å². The SMILES string of the molecule is CC(C)NC(=O)CCN1CCN(Cc2ccccc2)C(C)(C)C1. The molecule has 0 bridgehead atoms. The molecular formula is C19H31N3O. The van der Waals surface area contributed by atoms with Gasteiger partial charge in [-0.3, -0.25) is 14.6 Å². The maximum Gasteiger partial charge on any atom is 0.221 e. The molecule has 0 unspecified atom stereocenters. The summed E-state index contributed by atoms with van der Waals surface area (Å²) in [6.45, 7) is 13.5. The van der Waals surface area contributed by atoms with Crippen molar-refractivity contribution in [2.75, 3.05) is 26.2 Å². The van der Waals surface area contributed by atoms with Crippen molar-refractivity contribution in [2.45, 2.75) is 52.2 Å². The minimum absolute atomic E-state index is 0.128. The Kier molecular flexibility index (Phi) is 6.19. The Morgan fingerprint density at radius 1 is 1.22 bits per heavy atom. The molecule has 1 aromatic carbocycles. The smallest absolute Gasteiger partial charge is 0.221 e. The monoisotopic (exact) mass is 317 g/mol. The van der Waals surface area contributed by atoms with E-state index >= 15 is 0 Å². The van der Waals surface area contributed by atoms with Crippen molar-refractivity contribution in [3.63, 3.8) is 0 Å². The summed E-state index contributed by atoms with van der Waals surface area (Å²) in [5.74, 6) is 0.157. The molecule has 0 atom stereocenters. The number of amides is 1. The molecule has 1 saturated heterocycles. The maximum absolute atomic E-state index is 11.8. The molecule has 1 fully saturated rings. The van der Waals surface area contributed by atoms with Gasteiger partial charge in [-0.05, 0) is 33.3 Å². The Hall–Kier alpha value is -1.39. The lowest BCUT2D eigenvalue weighted by atomic mass is 9.97. The second-order valence-corrected chi connectivity index (χ2v) is 7.47. The highest BCUT2D eigenvalue weighted by atomic mass is 16.1. The first-order valence-corrected chi connectivity index (χ1v) is 8.67. The zero-order valence-electron chi connectivity index (χ0n) is 15.0. The van der Waals surface area contributed by atoms with Crippen LogP contribution in [0.5, 0.6) is 0 Å². The lowest BCUT2D eigenvalue weighted by Gasteiger charge is -2.47. The Morgan fingerprint density at radius 2 is 1.91 bits per heavy atom. The quantitative estimate of drug-likeness (QED) is 0.875. The van der Waals surface area contributed by atoms with Crippen LogP contribution in [0.2, 0.25) is 0 Å². The first-order chi connectivity index (χ1) is 10.9. The summed E-state index contributed by atoms with van der Waals surface area (Å²) in [6, 6.07) is 10.9. The summed E-state index contributed by atoms with van der Waals surface area (Å²) >= 11 is 0. The third-order valence-electron chi connectivity index (χ3n) is 4.47. The van der Waals surface area contributed by atoms with Crippen molar-refractivity contribution < 1.29 is 4.79 Å². The summed E-state index contributed by atoms with van der Waals surface area (Å²) < 4.78 is 0. The second kappa shape index (κ2) is 7.93. The van der Waals surface area contributed by atoms with E-state index in [1.165, 1.54) is 5.56 Å². The van der Waals surface area contributed by atoms with Crippen LogP contribution in [-0.4, -0.2) is 53.5 Å². The third kappa shape index (κ3) is 5.63. The molecule has 2 rings (SSSR count). The van der Waals surface area contributed by atoms with E-state index in [-0.39, 0.29) is 17.5 Å². The Bertz CT molecular complexity index is 499. The zero-order chi connectivity index (χ0) is 16.9. The van der Waals surface area contributed by atoms with Crippen molar-refractivity contribution in [1.29, 1.82) is 0 Å². The van der Waals surface area contributed by atoms with Crippen LogP contribution in [0.25, 0.3) is 0 Å². The number of rotatable bonds is 6. The molecule has 1 heterocycles. The van der Waals surface area contributed by atoms with Gasteiger partial charge in [0, 0.05) is 50.7 Å². The lowest BCUT2D eigenvalue weighted by molar-refractivity contribution is -0.122. The van der Waals surface area contributed by atoms with Gasteiger partial charge in [0.05, 0.1) is 0 Å². The summed E-state index contributed by atoms with van der Waals surface area (Å²) in [6.07, 6.45) is 0.590. The molecule has 1 N–H and O–H groups in total. The predicted molar refractivity (Wildman–Crippen MR) is 95.3 cm³/mol. The maximum atomic E-state index is 11.8. The highest BCUT2D eigenvalue weighted by Crippen LogP contribution is 2.23. The molecule has 1 aliphatic heterocycles. The van der Waals surface area contributed by atoms with E-state index in [1.54, 1.807) is 0 Å². The van der Waals surface area contributed by atoms with Crippen LogP contribution in [0.4, 0.5) is 0 Å².